The van der Waals surface area contributed by atoms with Crippen molar-refractivity contribution in [3.8, 4) is 0 Å². The summed E-state index contributed by atoms with van der Waals surface area (Å²) < 4.78 is 0. The van der Waals surface area contributed by atoms with E-state index in [0.29, 0.717) is 18.4 Å². The smallest absolute Gasteiger partial charge is 0.225 e. The second-order valence-corrected chi connectivity index (χ2v) is 7.66. The molecule has 1 unspecified atom stereocenters. The molecule has 3 rings (SSSR count). The van der Waals surface area contributed by atoms with Gasteiger partial charge in [0.25, 0.3) is 0 Å². The first-order valence-electron chi connectivity index (χ1n) is 9.43. The zero-order chi connectivity index (χ0) is 16.2. The van der Waals surface area contributed by atoms with E-state index in [1.807, 2.05) is 4.90 Å². The summed E-state index contributed by atoms with van der Waals surface area (Å²) in [6.45, 7) is 6.67. The van der Waals surface area contributed by atoms with E-state index in [1.54, 1.807) is 0 Å². The number of carbonyl (C=O) groups is 2. The third-order valence-electron chi connectivity index (χ3n) is 5.88. The van der Waals surface area contributed by atoms with Crippen LogP contribution in [0.3, 0.4) is 0 Å². The number of hydrogen-bond donors (Lipinski definition) is 1. The summed E-state index contributed by atoms with van der Waals surface area (Å²) in [4.78, 5) is 29.0. The van der Waals surface area contributed by atoms with Gasteiger partial charge >= 0.3 is 0 Å². The Hall–Kier alpha value is -0.810. The van der Waals surface area contributed by atoms with E-state index in [1.165, 1.54) is 6.42 Å². The Balaban J connectivity index is 0.00000208. The van der Waals surface area contributed by atoms with Crippen LogP contribution in [0, 0.1) is 11.8 Å². The van der Waals surface area contributed by atoms with Crippen molar-refractivity contribution in [1.82, 2.24) is 15.1 Å². The molecule has 24 heavy (non-hydrogen) atoms. The molecular weight excluding hydrogens is 326 g/mol. The second kappa shape index (κ2) is 9.04. The summed E-state index contributed by atoms with van der Waals surface area (Å²) in [5, 5.41) is 3.39. The molecular formula is C18H32ClN3O2. The van der Waals surface area contributed by atoms with Gasteiger partial charge in [0, 0.05) is 44.6 Å². The maximum absolute atomic E-state index is 12.6. The summed E-state index contributed by atoms with van der Waals surface area (Å²) in [5.74, 6) is 1.49. The maximum Gasteiger partial charge on any atom is 0.225 e. The van der Waals surface area contributed by atoms with Crippen molar-refractivity contribution >= 4 is 24.2 Å². The van der Waals surface area contributed by atoms with Crippen LogP contribution in [0.2, 0.25) is 0 Å². The monoisotopic (exact) mass is 357 g/mol. The molecule has 0 aromatic rings. The van der Waals surface area contributed by atoms with E-state index in [2.05, 4.69) is 17.1 Å². The van der Waals surface area contributed by atoms with Crippen LogP contribution in [0.25, 0.3) is 0 Å². The van der Waals surface area contributed by atoms with Gasteiger partial charge in [0.1, 0.15) is 0 Å². The lowest BCUT2D eigenvalue weighted by molar-refractivity contribution is -0.141. The van der Waals surface area contributed by atoms with Gasteiger partial charge in [0.05, 0.1) is 0 Å². The highest BCUT2D eigenvalue weighted by molar-refractivity contribution is 5.85. The van der Waals surface area contributed by atoms with Crippen LogP contribution in [0.15, 0.2) is 0 Å². The molecule has 0 aromatic heterocycles. The first-order chi connectivity index (χ1) is 11.1. The fourth-order valence-corrected chi connectivity index (χ4v) is 4.13. The summed E-state index contributed by atoms with van der Waals surface area (Å²) in [5.41, 5.74) is 0. The van der Waals surface area contributed by atoms with Crippen LogP contribution in [0.4, 0.5) is 0 Å². The van der Waals surface area contributed by atoms with Crippen LogP contribution in [-0.4, -0.2) is 60.4 Å². The molecule has 3 fully saturated rings. The average Bonchev–Trinajstić information content (AvgIpc) is 3.08. The summed E-state index contributed by atoms with van der Waals surface area (Å²) >= 11 is 0. The highest BCUT2D eigenvalue weighted by Crippen LogP contribution is 2.24. The highest BCUT2D eigenvalue weighted by atomic mass is 35.5. The minimum Gasteiger partial charge on any atom is -0.343 e. The number of amides is 2. The van der Waals surface area contributed by atoms with E-state index in [0.717, 1.165) is 70.7 Å². The van der Waals surface area contributed by atoms with Crippen molar-refractivity contribution in [2.24, 2.45) is 11.8 Å². The fourth-order valence-electron chi connectivity index (χ4n) is 4.13. The SMILES string of the molecule is CC1CCN(C(=O)C2CCN(C(=O)CC3CCCN3)CC2)CC1.Cl. The number of piperidine rings is 2. The largest absolute Gasteiger partial charge is 0.343 e. The van der Waals surface area contributed by atoms with Crippen molar-refractivity contribution in [2.45, 2.75) is 57.9 Å². The Kier molecular flexibility index (Phi) is 7.35. The fraction of sp³-hybridized carbons (Fsp3) is 0.889. The van der Waals surface area contributed by atoms with Gasteiger partial charge in [-0.2, -0.15) is 0 Å². The van der Waals surface area contributed by atoms with E-state index in [-0.39, 0.29) is 24.2 Å². The lowest BCUT2D eigenvalue weighted by Gasteiger charge is -2.37. The van der Waals surface area contributed by atoms with E-state index >= 15 is 0 Å². The lowest BCUT2D eigenvalue weighted by Crippen LogP contribution is -2.47. The predicted molar refractivity (Wildman–Crippen MR) is 97.2 cm³/mol. The molecule has 3 heterocycles. The number of halogens is 1. The van der Waals surface area contributed by atoms with Crippen LogP contribution < -0.4 is 5.32 Å². The van der Waals surface area contributed by atoms with Gasteiger partial charge in [-0.1, -0.05) is 6.92 Å². The molecule has 0 spiro atoms. The molecule has 1 atom stereocenters. The highest BCUT2D eigenvalue weighted by Gasteiger charge is 2.32. The summed E-state index contributed by atoms with van der Waals surface area (Å²) in [6.07, 6.45) is 6.89. The van der Waals surface area contributed by atoms with E-state index in [4.69, 9.17) is 0 Å². The molecule has 0 bridgehead atoms. The Labute approximate surface area is 151 Å². The third-order valence-corrected chi connectivity index (χ3v) is 5.88. The molecule has 0 radical (unpaired) electrons. The van der Waals surface area contributed by atoms with Crippen LogP contribution in [0.5, 0.6) is 0 Å². The van der Waals surface area contributed by atoms with Crippen molar-refractivity contribution in [1.29, 1.82) is 0 Å². The van der Waals surface area contributed by atoms with Crippen LogP contribution >= 0.6 is 12.4 Å². The Morgan fingerprint density at radius 3 is 2.17 bits per heavy atom. The van der Waals surface area contributed by atoms with Crippen LogP contribution in [-0.2, 0) is 9.59 Å². The second-order valence-electron chi connectivity index (χ2n) is 7.66. The molecule has 3 aliphatic heterocycles. The molecule has 2 amide bonds. The van der Waals surface area contributed by atoms with Crippen molar-refractivity contribution in [2.75, 3.05) is 32.7 Å². The number of hydrogen-bond acceptors (Lipinski definition) is 3. The zero-order valence-corrected chi connectivity index (χ0v) is 15.7. The Morgan fingerprint density at radius 2 is 1.58 bits per heavy atom. The van der Waals surface area contributed by atoms with Gasteiger partial charge in [0.2, 0.25) is 11.8 Å². The van der Waals surface area contributed by atoms with Crippen molar-refractivity contribution < 1.29 is 9.59 Å². The van der Waals surface area contributed by atoms with Gasteiger partial charge in [0.15, 0.2) is 0 Å². The van der Waals surface area contributed by atoms with E-state index < -0.39 is 0 Å². The summed E-state index contributed by atoms with van der Waals surface area (Å²) in [7, 11) is 0. The molecule has 3 saturated heterocycles. The first kappa shape index (κ1) is 19.5. The predicted octanol–water partition coefficient (Wildman–Crippen LogP) is 2.05. The third kappa shape index (κ3) is 4.85. The normalized spacial score (nSPS) is 26.3. The molecule has 3 aliphatic rings. The number of carbonyl (C=O) groups excluding carboxylic acids is 2. The molecule has 1 N–H and O–H groups in total. The molecule has 138 valence electrons. The zero-order valence-electron chi connectivity index (χ0n) is 14.8. The number of nitrogens with zero attached hydrogens (tertiary/aromatic N) is 2. The van der Waals surface area contributed by atoms with Crippen LogP contribution in [0.1, 0.15) is 51.9 Å². The van der Waals surface area contributed by atoms with Gasteiger partial charge in [-0.3, -0.25) is 9.59 Å². The summed E-state index contributed by atoms with van der Waals surface area (Å²) in [6, 6.07) is 0.372. The minimum atomic E-state index is 0. The van der Waals surface area contributed by atoms with Gasteiger partial charge in [-0.25, -0.2) is 0 Å². The van der Waals surface area contributed by atoms with Crippen molar-refractivity contribution in [3.63, 3.8) is 0 Å². The van der Waals surface area contributed by atoms with Gasteiger partial charge in [-0.15, -0.1) is 12.4 Å². The number of likely N-dealkylation sites (tertiary alicyclic amines) is 2. The average molecular weight is 358 g/mol. The minimum absolute atomic E-state index is 0. The van der Waals surface area contributed by atoms with Crippen molar-refractivity contribution in [3.05, 3.63) is 0 Å². The standard InChI is InChI=1S/C18H31N3O2.ClH/c1-14-4-9-21(10-5-14)18(23)15-6-11-20(12-7-15)17(22)13-16-3-2-8-19-16;/h14-16,19H,2-13H2,1H3;1H. The number of nitrogens with one attached hydrogen (secondary N) is 1. The Bertz CT molecular complexity index is 424. The van der Waals surface area contributed by atoms with Gasteiger partial charge < -0.3 is 15.1 Å². The molecule has 6 heteroatoms. The van der Waals surface area contributed by atoms with E-state index in [9.17, 15) is 9.59 Å². The number of rotatable bonds is 3. The molecule has 0 saturated carbocycles. The first-order valence-corrected chi connectivity index (χ1v) is 9.43. The topological polar surface area (TPSA) is 52.7 Å². The molecule has 0 aromatic carbocycles. The Morgan fingerprint density at radius 1 is 0.958 bits per heavy atom. The molecule has 0 aliphatic carbocycles. The molecule has 5 nitrogen and oxygen atoms in total. The van der Waals surface area contributed by atoms with Gasteiger partial charge in [-0.05, 0) is 51.0 Å². The maximum atomic E-state index is 12.6. The lowest BCUT2D eigenvalue weighted by atomic mass is 9.92. The quantitative estimate of drug-likeness (QED) is 0.841.